The van der Waals surface area contributed by atoms with Gasteiger partial charge in [0, 0.05) is 5.57 Å². The Kier molecular flexibility index (Phi) is 7.92. The van der Waals surface area contributed by atoms with Gasteiger partial charge in [0.05, 0.1) is 11.2 Å². The fourth-order valence-corrected chi connectivity index (χ4v) is 3.99. The summed E-state index contributed by atoms with van der Waals surface area (Å²) in [6.45, 7) is 2.89. The van der Waals surface area contributed by atoms with Gasteiger partial charge in [-0.3, -0.25) is 0 Å². The Morgan fingerprint density at radius 2 is 1.80 bits per heavy atom. The lowest BCUT2D eigenvalue weighted by molar-refractivity contribution is -0.278. The number of aliphatic hydroxyl groups is 4. The van der Waals surface area contributed by atoms with Gasteiger partial charge in [0.1, 0.15) is 31.0 Å². The van der Waals surface area contributed by atoms with Crippen LogP contribution in [0.15, 0.2) is 23.8 Å². The Labute approximate surface area is 200 Å². The Bertz CT molecular complexity index is 981. The van der Waals surface area contributed by atoms with Gasteiger partial charge in [-0.1, -0.05) is 6.08 Å². The van der Waals surface area contributed by atoms with Gasteiger partial charge in [0.25, 0.3) is 0 Å². The minimum atomic E-state index is -1.83. The third-order valence-corrected chi connectivity index (χ3v) is 6.26. The number of ether oxygens (including phenoxy) is 3. The van der Waals surface area contributed by atoms with Crippen molar-refractivity contribution in [2.45, 2.75) is 69.4 Å². The molecule has 0 unspecified atom stereocenters. The molecule has 3 rings (SSSR count). The first-order valence-electron chi connectivity index (χ1n) is 11.0. The largest absolute Gasteiger partial charge is 0.504 e. The van der Waals surface area contributed by atoms with Gasteiger partial charge in [-0.05, 0) is 51.2 Å². The van der Waals surface area contributed by atoms with Crippen LogP contribution in [0.3, 0.4) is 0 Å². The number of aliphatic hydroxyl groups excluding tert-OH is 3. The molecule has 12 nitrogen and oxygen atoms in total. The molecule has 0 spiro atoms. The monoisotopic (exact) mass is 498 g/mol. The van der Waals surface area contributed by atoms with Crippen LogP contribution in [0.25, 0.3) is 0 Å². The van der Waals surface area contributed by atoms with E-state index in [1.165, 1.54) is 0 Å². The van der Waals surface area contributed by atoms with Crippen LogP contribution in [0.1, 0.15) is 43.5 Å². The van der Waals surface area contributed by atoms with E-state index in [1.54, 1.807) is 19.9 Å². The lowest BCUT2D eigenvalue weighted by Gasteiger charge is -2.40. The maximum atomic E-state index is 12.5. The molecule has 1 aromatic carbocycles. The predicted octanol–water partition coefficient (Wildman–Crippen LogP) is 0.0230. The predicted molar refractivity (Wildman–Crippen MR) is 117 cm³/mol. The van der Waals surface area contributed by atoms with E-state index in [0.29, 0.717) is 24.8 Å². The Morgan fingerprint density at radius 1 is 1.11 bits per heavy atom. The highest BCUT2D eigenvalue weighted by atomic mass is 16.7. The second-order valence-electron chi connectivity index (χ2n) is 9.23. The number of hydrogen-bond acceptors (Lipinski definition) is 11. The van der Waals surface area contributed by atoms with E-state index in [1.807, 2.05) is 0 Å². The van der Waals surface area contributed by atoms with Gasteiger partial charge in [-0.15, -0.1) is 0 Å². The number of carboxylic acid groups (broad SMARTS) is 1. The Morgan fingerprint density at radius 3 is 2.37 bits per heavy atom. The molecule has 0 amide bonds. The summed E-state index contributed by atoms with van der Waals surface area (Å²) >= 11 is 0. The van der Waals surface area contributed by atoms with Crippen molar-refractivity contribution in [3.8, 4) is 17.2 Å². The summed E-state index contributed by atoms with van der Waals surface area (Å²) in [5, 5.41) is 69.7. The number of allylic oxidation sites excluding steroid dienone is 1. The number of rotatable bonds is 7. The molecule has 194 valence electrons. The number of benzene rings is 1. The van der Waals surface area contributed by atoms with Crippen molar-refractivity contribution in [1.29, 1.82) is 0 Å². The van der Waals surface area contributed by atoms with Crippen LogP contribution < -0.4 is 4.74 Å². The number of phenols is 2. The normalized spacial score (nSPS) is 29.3. The molecule has 35 heavy (non-hydrogen) atoms. The van der Waals surface area contributed by atoms with Gasteiger partial charge < -0.3 is 50.0 Å². The van der Waals surface area contributed by atoms with E-state index in [0.717, 1.165) is 12.1 Å². The maximum Gasteiger partial charge on any atom is 0.335 e. The van der Waals surface area contributed by atoms with Crippen molar-refractivity contribution < 1.29 is 59.5 Å². The number of phenolic OH excluding ortho intramolecular Hbond substituents is 2. The van der Waals surface area contributed by atoms with Gasteiger partial charge >= 0.3 is 11.9 Å². The first-order valence-corrected chi connectivity index (χ1v) is 11.0. The zero-order valence-corrected chi connectivity index (χ0v) is 19.2. The third kappa shape index (κ3) is 6.03. The molecule has 0 aromatic heterocycles. The molecule has 0 saturated carbocycles. The minimum Gasteiger partial charge on any atom is -0.504 e. The van der Waals surface area contributed by atoms with Crippen molar-refractivity contribution in [2.75, 3.05) is 6.61 Å². The van der Waals surface area contributed by atoms with Crippen molar-refractivity contribution >= 4 is 11.9 Å². The molecule has 0 bridgehead atoms. The summed E-state index contributed by atoms with van der Waals surface area (Å²) in [5.74, 6) is -4.29. The second kappa shape index (κ2) is 10.4. The topological polar surface area (TPSA) is 203 Å². The van der Waals surface area contributed by atoms with E-state index >= 15 is 0 Å². The number of esters is 1. The standard InChI is InChI=1S/C23H30O12/c1-23(2,32)12-5-3-10(4-6-12)21(31)33-9-15-17(26)18(27)19(28)22(35-15)34-14-8-11(20(29)30)7-13(24)16(14)25/h3,7-8,12,15,17-19,22,24-28,32H,4-6,9H2,1-2H3,(H,29,30)/t12-,15-,17-,18+,19-,22-/m1/s1. The highest BCUT2D eigenvalue weighted by Crippen LogP contribution is 2.38. The Balaban J connectivity index is 1.67. The van der Waals surface area contributed by atoms with E-state index in [9.17, 15) is 40.2 Å². The number of hydrogen-bond donors (Lipinski definition) is 7. The van der Waals surface area contributed by atoms with E-state index in [4.69, 9.17) is 19.3 Å². The molecule has 1 aliphatic heterocycles. The van der Waals surface area contributed by atoms with Crippen LogP contribution in [0.5, 0.6) is 17.2 Å². The quantitative estimate of drug-likeness (QED) is 0.196. The van der Waals surface area contributed by atoms with Crippen LogP contribution in [-0.4, -0.2) is 90.6 Å². The summed E-state index contributed by atoms with van der Waals surface area (Å²) in [7, 11) is 0. The van der Waals surface area contributed by atoms with Crippen molar-refractivity contribution in [2.24, 2.45) is 5.92 Å². The van der Waals surface area contributed by atoms with Crippen molar-refractivity contribution in [1.82, 2.24) is 0 Å². The lowest BCUT2D eigenvalue weighted by atomic mass is 9.79. The molecule has 1 aliphatic carbocycles. The van der Waals surface area contributed by atoms with Crippen LogP contribution in [0.2, 0.25) is 0 Å². The van der Waals surface area contributed by atoms with Crippen LogP contribution in [0, 0.1) is 5.92 Å². The third-order valence-electron chi connectivity index (χ3n) is 6.26. The number of carboxylic acids is 1. The molecule has 1 saturated heterocycles. The molecule has 1 aromatic rings. The van der Waals surface area contributed by atoms with Crippen LogP contribution in [-0.2, 0) is 14.3 Å². The molecule has 6 atom stereocenters. The van der Waals surface area contributed by atoms with E-state index < -0.39 is 77.7 Å². The molecule has 12 heteroatoms. The molecule has 2 aliphatic rings. The fourth-order valence-electron chi connectivity index (χ4n) is 3.99. The summed E-state index contributed by atoms with van der Waals surface area (Å²) in [6, 6.07) is 1.66. The molecule has 1 fully saturated rings. The van der Waals surface area contributed by atoms with E-state index in [2.05, 4.69) is 0 Å². The number of aromatic hydroxyl groups is 2. The number of aromatic carboxylic acids is 1. The highest BCUT2D eigenvalue weighted by molar-refractivity contribution is 5.89. The van der Waals surface area contributed by atoms with Crippen molar-refractivity contribution in [3.63, 3.8) is 0 Å². The van der Waals surface area contributed by atoms with E-state index in [-0.39, 0.29) is 5.92 Å². The molecule has 1 heterocycles. The molecule has 0 radical (unpaired) electrons. The number of carbonyl (C=O) groups is 2. The van der Waals surface area contributed by atoms with Gasteiger partial charge in [0.2, 0.25) is 12.0 Å². The zero-order chi connectivity index (χ0) is 26.1. The minimum absolute atomic E-state index is 0.00688. The Hall–Kier alpha value is -2.90. The number of carbonyl (C=O) groups excluding carboxylic acids is 1. The van der Waals surface area contributed by atoms with Crippen LogP contribution in [0.4, 0.5) is 0 Å². The van der Waals surface area contributed by atoms with Crippen molar-refractivity contribution in [3.05, 3.63) is 29.3 Å². The summed E-state index contributed by atoms with van der Waals surface area (Å²) in [4.78, 5) is 23.7. The van der Waals surface area contributed by atoms with Gasteiger partial charge in [-0.25, -0.2) is 9.59 Å². The average molecular weight is 498 g/mol. The smallest absolute Gasteiger partial charge is 0.335 e. The molecular weight excluding hydrogens is 468 g/mol. The SMILES string of the molecule is CC(C)(O)[C@@H]1CC=C(C(=O)OC[C@H]2O[C@@H](Oc3cc(C(=O)O)cc(O)c3O)[C@H](O)[C@@H](O)[C@@H]2O)CC1. The van der Waals surface area contributed by atoms with Gasteiger partial charge in [-0.2, -0.15) is 0 Å². The summed E-state index contributed by atoms with van der Waals surface area (Å²) in [6.07, 6.45) is -5.20. The summed E-state index contributed by atoms with van der Waals surface area (Å²) in [5.41, 5.74) is -0.915. The van der Waals surface area contributed by atoms with Crippen LogP contribution >= 0.6 is 0 Å². The lowest BCUT2D eigenvalue weighted by Crippen LogP contribution is -2.60. The fraction of sp³-hybridized carbons (Fsp3) is 0.565. The van der Waals surface area contributed by atoms with Gasteiger partial charge in [0.15, 0.2) is 11.5 Å². The second-order valence-corrected chi connectivity index (χ2v) is 9.23. The first-order chi connectivity index (χ1) is 16.3. The molecular formula is C23H30O12. The average Bonchev–Trinajstić information content (AvgIpc) is 2.80. The summed E-state index contributed by atoms with van der Waals surface area (Å²) < 4.78 is 15.9. The first kappa shape index (κ1) is 26.7. The molecule has 7 N–H and O–H groups in total. The maximum absolute atomic E-state index is 12.5. The zero-order valence-electron chi connectivity index (χ0n) is 19.2. The highest BCUT2D eigenvalue weighted by Gasteiger charge is 2.46.